The molecule has 3 heterocycles. The van der Waals surface area contributed by atoms with Crippen molar-refractivity contribution in [2.45, 2.75) is 32.6 Å². The summed E-state index contributed by atoms with van der Waals surface area (Å²) < 4.78 is 0. The predicted molar refractivity (Wildman–Crippen MR) is 88.5 cm³/mol. The van der Waals surface area contributed by atoms with Crippen LogP contribution >= 0.6 is 0 Å². The number of anilines is 2. The Bertz CT molecular complexity index is 635. The van der Waals surface area contributed by atoms with Crippen molar-refractivity contribution in [1.82, 2.24) is 19.9 Å². The van der Waals surface area contributed by atoms with Gasteiger partial charge >= 0.3 is 0 Å². The summed E-state index contributed by atoms with van der Waals surface area (Å²) in [5, 5.41) is 3.23. The number of aromatic nitrogens is 3. The van der Waals surface area contributed by atoms with E-state index >= 15 is 0 Å². The molecule has 1 saturated heterocycles. The molecule has 5 heteroatoms. The van der Waals surface area contributed by atoms with Crippen LogP contribution in [-0.4, -0.2) is 40.0 Å². The molecule has 2 aromatic heterocycles. The molecule has 0 bridgehead atoms. The van der Waals surface area contributed by atoms with E-state index < -0.39 is 0 Å². The van der Waals surface area contributed by atoms with Crippen LogP contribution < -0.4 is 5.32 Å². The van der Waals surface area contributed by atoms with E-state index in [-0.39, 0.29) is 0 Å². The number of likely N-dealkylation sites (N-methyl/N-ethyl adjacent to an activating group) is 1. The third-order valence-electron chi connectivity index (χ3n) is 4.04. The highest BCUT2D eigenvalue weighted by Crippen LogP contribution is 2.26. The summed E-state index contributed by atoms with van der Waals surface area (Å²) in [4.78, 5) is 16.0. The lowest BCUT2D eigenvalue weighted by atomic mass is 9.95. The van der Waals surface area contributed by atoms with E-state index in [0.717, 1.165) is 29.4 Å². The standard InChI is InChI=1S/C17H23N5/c1-12-10-13(2)19-17(18-12)21-16-8-4-7-15(20-16)14-6-5-9-22(3)11-14/h4,7-8,10,14H,5-6,9,11H2,1-3H3,(H,18,19,20,21)/t14-/m1/s1. The van der Waals surface area contributed by atoms with Gasteiger partial charge in [-0.2, -0.15) is 0 Å². The number of likely N-dealkylation sites (tertiary alicyclic amines) is 1. The SMILES string of the molecule is Cc1cc(C)nc(Nc2cccc([C@@H]3CCCN(C)C3)n2)n1. The fraction of sp³-hybridized carbons (Fsp3) is 0.471. The van der Waals surface area contributed by atoms with E-state index in [1.54, 1.807) is 0 Å². The van der Waals surface area contributed by atoms with Crippen LogP contribution in [0.5, 0.6) is 0 Å². The Morgan fingerprint density at radius 2 is 1.91 bits per heavy atom. The minimum atomic E-state index is 0.515. The molecule has 0 radical (unpaired) electrons. The molecule has 0 unspecified atom stereocenters. The topological polar surface area (TPSA) is 53.9 Å². The highest BCUT2D eigenvalue weighted by molar-refractivity contribution is 5.48. The van der Waals surface area contributed by atoms with E-state index in [2.05, 4.69) is 39.4 Å². The molecular weight excluding hydrogens is 274 g/mol. The second-order valence-electron chi connectivity index (χ2n) is 6.15. The average Bonchev–Trinajstić information content (AvgIpc) is 2.46. The number of pyridine rings is 1. The van der Waals surface area contributed by atoms with Crippen LogP contribution in [0, 0.1) is 13.8 Å². The largest absolute Gasteiger partial charge is 0.309 e. The number of rotatable bonds is 3. The number of nitrogens with one attached hydrogen (secondary N) is 1. The third kappa shape index (κ3) is 3.60. The maximum atomic E-state index is 4.77. The van der Waals surface area contributed by atoms with E-state index in [9.17, 15) is 0 Å². The molecule has 116 valence electrons. The Morgan fingerprint density at radius 3 is 2.64 bits per heavy atom. The van der Waals surface area contributed by atoms with Crippen LogP contribution in [-0.2, 0) is 0 Å². The molecule has 0 spiro atoms. The van der Waals surface area contributed by atoms with E-state index in [1.807, 2.05) is 26.0 Å². The normalized spacial score (nSPS) is 19.1. The highest BCUT2D eigenvalue weighted by atomic mass is 15.1. The summed E-state index contributed by atoms with van der Waals surface area (Å²) in [6.45, 7) is 6.21. The lowest BCUT2D eigenvalue weighted by Gasteiger charge is -2.29. The zero-order valence-electron chi connectivity index (χ0n) is 13.5. The monoisotopic (exact) mass is 297 g/mol. The second kappa shape index (κ2) is 6.40. The molecule has 0 aliphatic carbocycles. The third-order valence-corrected chi connectivity index (χ3v) is 4.04. The van der Waals surface area contributed by atoms with Crippen molar-refractivity contribution < 1.29 is 0 Å². The summed E-state index contributed by atoms with van der Waals surface area (Å²) in [5.41, 5.74) is 3.07. The number of piperidine rings is 1. The Balaban J connectivity index is 1.78. The van der Waals surface area contributed by atoms with Crippen LogP contribution in [0.25, 0.3) is 0 Å². The Hall–Kier alpha value is -2.01. The molecule has 1 N–H and O–H groups in total. The molecule has 0 amide bonds. The molecule has 0 saturated carbocycles. The first-order chi connectivity index (χ1) is 10.6. The van der Waals surface area contributed by atoms with Crippen molar-refractivity contribution in [3.63, 3.8) is 0 Å². The number of aryl methyl sites for hydroxylation is 2. The molecule has 1 fully saturated rings. The summed E-state index contributed by atoms with van der Waals surface area (Å²) in [7, 11) is 2.18. The fourth-order valence-electron chi connectivity index (χ4n) is 3.05. The smallest absolute Gasteiger partial charge is 0.228 e. The Labute approximate surface area is 131 Å². The minimum Gasteiger partial charge on any atom is -0.309 e. The first-order valence-electron chi connectivity index (χ1n) is 7.85. The number of nitrogens with zero attached hydrogens (tertiary/aromatic N) is 4. The summed E-state index contributed by atoms with van der Waals surface area (Å²) in [5.74, 6) is 1.94. The molecule has 2 aromatic rings. The van der Waals surface area contributed by atoms with Crippen molar-refractivity contribution in [2.75, 3.05) is 25.5 Å². The van der Waals surface area contributed by atoms with Crippen molar-refractivity contribution >= 4 is 11.8 Å². The quantitative estimate of drug-likeness (QED) is 0.943. The number of hydrogen-bond donors (Lipinski definition) is 1. The molecule has 22 heavy (non-hydrogen) atoms. The van der Waals surface area contributed by atoms with Crippen LogP contribution in [0.2, 0.25) is 0 Å². The Morgan fingerprint density at radius 1 is 1.14 bits per heavy atom. The summed E-state index contributed by atoms with van der Waals surface area (Å²) >= 11 is 0. The van der Waals surface area contributed by atoms with Crippen molar-refractivity contribution in [3.05, 3.63) is 41.3 Å². The number of hydrogen-bond acceptors (Lipinski definition) is 5. The zero-order valence-corrected chi connectivity index (χ0v) is 13.5. The maximum Gasteiger partial charge on any atom is 0.228 e. The van der Waals surface area contributed by atoms with Gasteiger partial charge in [-0.15, -0.1) is 0 Å². The molecule has 5 nitrogen and oxygen atoms in total. The van der Waals surface area contributed by atoms with Gasteiger partial charge < -0.3 is 10.2 Å². The first-order valence-corrected chi connectivity index (χ1v) is 7.85. The average molecular weight is 297 g/mol. The summed E-state index contributed by atoms with van der Waals surface area (Å²) in [6.07, 6.45) is 2.45. The lowest BCUT2D eigenvalue weighted by Crippen LogP contribution is -2.31. The summed E-state index contributed by atoms with van der Waals surface area (Å²) in [6, 6.07) is 8.11. The van der Waals surface area contributed by atoms with Gasteiger partial charge in [0.2, 0.25) is 5.95 Å². The molecule has 3 rings (SSSR count). The second-order valence-corrected chi connectivity index (χ2v) is 6.15. The van der Waals surface area contributed by atoms with Gasteiger partial charge in [0.25, 0.3) is 0 Å². The van der Waals surface area contributed by atoms with Gasteiger partial charge in [0.05, 0.1) is 0 Å². The van der Waals surface area contributed by atoms with Crippen LogP contribution in [0.1, 0.15) is 35.8 Å². The van der Waals surface area contributed by atoms with Gasteiger partial charge in [-0.05, 0) is 58.5 Å². The van der Waals surface area contributed by atoms with Crippen LogP contribution in [0.15, 0.2) is 24.3 Å². The van der Waals surface area contributed by atoms with Crippen LogP contribution in [0.4, 0.5) is 11.8 Å². The molecular formula is C17H23N5. The Kier molecular flexibility index (Phi) is 4.34. The maximum absolute atomic E-state index is 4.77. The molecule has 0 aromatic carbocycles. The molecule has 1 aliphatic rings. The van der Waals surface area contributed by atoms with Gasteiger partial charge in [-0.1, -0.05) is 6.07 Å². The van der Waals surface area contributed by atoms with Gasteiger partial charge in [0, 0.05) is 29.5 Å². The van der Waals surface area contributed by atoms with Gasteiger partial charge in [-0.25, -0.2) is 15.0 Å². The van der Waals surface area contributed by atoms with Crippen molar-refractivity contribution in [1.29, 1.82) is 0 Å². The van der Waals surface area contributed by atoms with Crippen LogP contribution in [0.3, 0.4) is 0 Å². The first kappa shape index (κ1) is 14.9. The van der Waals surface area contributed by atoms with Crippen molar-refractivity contribution in [2.24, 2.45) is 0 Å². The fourth-order valence-corrected chi connectivity index (χ4v) is 3.05. The zero-order chi connectivity index (χ0) is 15.5. The highest BCUT2D eigenvalue weighted by Gasteiger charge is 2.20. The predicted octanol–water partition coefficient (Wildman–Crippen LogP) is 3.04. The lowest BCUT2D eigenvalue weighted by molar-refractivity contribution is 0.248. The van der Waals surface area contributed by atoms with Gasteiger partial charge in [0.1, 0.15) is 5.82 Å². The van der Waals surface area contributed by atoms with E-state index in [0.29, 0.717) is 11.9 Å². The molecule has 1 aliphatic heterocycles. The minimum absolute atomic E-state index is 0.515. The molecule has 1 atom stereocenters. The van der Waals surface area contributed by atoms with E-state index in [4.69, 9.17) is 4.98 Å². The van der Waals surface area contributed by atoms with Gasteiger partial charge in [-0.3, -0.25) is 0 Å². The van der Waals surface area contributed by atoms with Crippen molar-refractivity contribution in [3.8, 4) is 0 Å². The van der Waals surface area contributed by atoms with E-state index in [1.165, 1.54) is 19.4 Å². The van der Waals surface area contributed by atoms with Gasteiger partial charge in [0.15, 0.2) is 0 Å².